The number of hydrogen-bond acceptors (Lipinski definition) is 3. The Bertz CT molecular complexity index is 677. The highest BCUT2D eigenvalue weighted by molar-refractivity contribution is 5.56. The molecule has 0 unspecified atom stereocenters. The Labute approximate surface area is 153 Å². The van der Waals surface area contributed by atoms with Crippen LogP contribution in [-0.4, -0.2) is 27.6 Å². The zero-order valence-electron chi connectivity index (χ0n) is 17.7. The molecule has 0 fully saturated rings. The Morgan fingerprint density at radius 2 is 1.40 bits per heavy atom. The quantitative estimate of drug-likeness (QED) is 0.491. The van der Waals surface area contributed by atoms with Gasteiger partial charge in [0.05, 0.1) is 5.70 Å². The summed E-state index contributed by atoms with van der Waals surface area (Å²) < 4.78 is 1.83. The van der Waals surface area contributed by atoms with Gasteiger partial charge in [-0.2, -0.15) is 4.99 Å². The zero-order valence-corrected chi connectivity index (χ0v) is 17.7. The van der Waals surface area contributed by atoms with Gasteiger partial charge in [0, 0.05) is 17.4 Å². The van der Waals surface area contributed by atoms with E-state index in [1.54, 1.807) is 12.7 Å². The van der Waals surface area contributed by atoms with Crippen molar-refractivity contribution in [1.29, 1.82) is 0 Å². The van der Waals surface area contributed by atoms with Crippen LogP contribution in [0.15, 0.2) is 22.6 Å². The fraction of sp³-hybridized carbons (Fsp3) is 0.571. The molecule has 0 spiro atoms. The van der Waals surface area contributed by atoms with E-state index >= 15 is 0 Å². The maximum atomic E-state index is 4.31. The maximum absolute atomic E-state index is 4.31. The van der Waals surface area contributed by atoms with Gasteiger partial charge in [-0.25, -0.2) is 9.97 Å². The number of aliphatic imine (C=N–C) groups is 1. The average Bonchev–Trinajstić information content (AvgIpc) is 2.41. The lowest BCUT2D eigenvalue weighted by atomic mass is 9.81. The molecule has 0 amide bonds. The molecule has 4 nitrogen and oxygen atoms in total. The van der Waals surface area contributed by atoms with Gasteiger partial charge in [-0.05, 0) is 56.4 Å². The summed E-state index contributed by atoms with van der Waals surface area (Å²) in [5, 5.41) is 0. The van der Waals surface area contributed by atoms with E-state index in [-0.39, 0.29) is 10.8 Å². The van der Waals surface area contributed by atoms with Gasteiger partial charge in [-0.3, -0.25) is 0 Å². The molecule has 25 heavy (non-hydrogen) atoms. The van der Waals surface area contributed by atoms with Crippen LogP contribution in [-0.2, 0) is 5.41 Å². The third-order valence-corrected chi connectivity index (χ3v) is 4.27. The van der Waals surface area contributed by atoms with Gasteiger partial charge in [-0.1, -0.05) is 41.5 Å². The second-order valence-corrected chi connectivity index (χ2v) is 8.68. The molecule has 0 aromatic carbocycles. The number of hydrogen-bond donors (Lipinski definition) is 0. The third-order valence-electron chi connectivity index (χ3n) is 4.27. The molecule has 0 radical (unpaired) electrons. The molecule has 1 aliphatic rings. The minimum atomic E-state index is 0.141. The van der Waals surface area contributed by atoms with Crippen LogP contribution >= 0.6 is 0 Å². The lowest BCUT2D eigenvalue weighted by molar-refractivity contribution is -0.367. The van der Waals surface area contributed by atoms with Gasteiger partial charge in [0.15, 0.2) is 0 Å². The second kappa shape index (κ2) is 7.51. The Morgan fingerprint density at radius 3 is 1.72 bits per heavy atom. The van der Waals surface area contributed by atoms with Crippen LogP contribution in [0.3, 0.4) is 0 Å². The van der Waals surface area contributed by atoms with Crippen LogP contribution in [0, 0.1) is 25.3 Å². The summed E-state index contributed by atoms with van der Waals surface area (Å²) in [6.45, 7) is 25.3. The predicted molar refractivity (Wildman–Crippen MR) is 107 cm³/mol. The first-order valence-corrected chi connectivity index (χ1v) is 8.74. The number of aryl methyl sites for hydroxylation is 2. The third kappa shape index (κ3) is 5.25. The highest BCUT2D eigenvalue weighted by Crippen LogP contribution is 2.37. The van der Waals surface area contributed by atoms with Crippen molar-refractivity contribution in [3.05, 3.63) is 40.6 Å². The van der Waals surface area contributed by atoms with Gasteiger partial charge in [0.25, 0.3) is 0 Å². The molecule has 0 saturated heterocycles. The zero-order chi connectivity index (χ0) is 19.6. The lowest BCUT2D eigenvalue weighted by Crippen LogP contribution is -2.26. The van der Waals surface area contributed by atoms with Crippen molar-refractivity contribution in [2.45, 2.75) is 74.7 Å². The van der Waals surface area contributed by atoms with E-state index in [0.29, 0.717) is 0 Å². The van der Waals surface area contributed by atoms with Crippen molar-refractivity contribution >= 4 is 13.1 Å². The first-order valence-electron chi connectivity index (χ1n) is 8.74. The molecule has 1 aliphatic heterocycles. The van der Waals surface area contributed by atoms with Crippen LogP contribution in [0.1, 0.15) is 72.3 Å². The van der Waals surface area contributed by atoms with Crippen molar-refractivity contribution in [2.75, 3.05) is 0 Å². The van der Waals surface area contributed by atoms with E-state index in [4.69, 9.17) is 0 Å². The average molecular weight is 343 g/mol. The SMILES string of the molecule is C=[N+]1C=NC(C)=C(C(C)(C)C)[C-]1C.Cc1ncnc(C)c1C(C)(C)C. The van der Waals surface area contributed by atoms with Gasteiger partial charge in [0.1, 0.15) is 6.33 Å². The summed E-state index contributed by atoms with van der Waals surface area (Å²) in [5.41, 5.74) is 6.14. The smallest absolute Gasteiger partial charge is 0.201 e. The number of nitrogens with zero attached hydrogens (tertiary/aromatic N) is 4. The summed E-state index contributed by atoms with van der Waals surface area (Å²) in [5.74, 6) is 0. The van der Waals surface area contributed by atoms with Crippen LogP contribution in [0.25, 0.3) is 0 Å². The Morgan fingerprint density at radius 1 is 0.920 bits per heavy atom. The molecule has 0 bridgehead atoms. The van der Waals surface area contributed by atoms with E-state index in [0.717, 1.165) is 17.1 Å². The van der Waals surface area contributed by atoms with Crippen molar-refractivity contribution < 1.29 is 4.58 Å². The number of rotatable bonds is 0. The Kier molecular flexibility index (Phi) is 6.33. The Hall–Kier alpha value is -1.97. The van der Waals surface area contributed by atoms with Crippen molar-refractivity contribution in [3.63, 3.8) is 0 Å². The minimum Gasteiger partial charge on any atom is -0.333 e. The molecule has 0 aliphatic carbocycles. The number of aromatic nitrogens is 2. The maximum Gasteiger partial charge on any atom is 0.201 e. The van der Waals surface area contributed by atoms with Crippen LogP contribution in [0.4, 0.5) is 0 Å². The molecule has 0 saturated carbocycles. The van der Waals surface area contributed by atoms with Gasteiger partial charge >= 0.3 is 0 Å². The highest BCUT2D eigenvalue weighted by atomic mass is 15.1. The first kappa shape index (κ1) is 21.1. The highest BCUT2D eigenvalue weighted by Gasteiger charge is 2.26. The van der Waals surface area contributed by atoms with Gasteiger partial charge in [-0.15, -0.1) is 0 Å². The van der Waals surface area contributed by atoms with Gasteiger partial charge < -0.3 is 4.58 Å². The second-order valence-electron chi connectivity index (χ2n) is 8.68. The van der Waals surface area contributed by atoms with Crippen LogP contribution < -0.4 is 0 Å². The van der Waals surface area contributed by atoms with E-state index in [1.807, 2.05) is 25.3 Å². The van der Waals surface area contributed by atoms with E-state index in [1.165, 1.54) is 17.2 Å². The van der Waals surface area contributed by atoms with E-state index < -0.39 is 0 Å². The lowest BCUT2D eigenvalue weighted by Gasteiger charge is -2.33. The molecule has 0 atom stereocenters. The number of allylic oxidation sites excluding steroid dienone is 1. The van der Waals surface area contributed by atoms with E-state index in [2.05, 4.69) is 70.1 Å². The monoisotopic (exact) mass is 342 g/mol. The summed E-state index contributed by atoms with van der Waals surface area (Å²) in [7, 11) is 0. The molecule has 1 aromatic rings. The topological polar surface area (TPSA) is 41.1 Å². The van der Waals surface area contributed by atoms with Crippen LogP contribution in [0.2, 0.25) is 0 Å². The summed E-state index contributed by atoms with van der Waals surface area (Å²) in [4.78, 5) is 12.7. The molecule has 138 valence electrons. The van der Waals surface area contributed by atoms with Crippen LogP contribution in [0.5, 0.6) is 0 Å². The molecule has 0 N–H and O–H groups in total. The molecule has 4 heteroatoms. The fourth-order valence-corrected chi connectivity index (χ4v) is 3.48. The fourth-order valence-electron chi connectivity index (χ4n) is 3.48. The minimum absolute atomic E-state index is 0.141. The normalized spacial score (nSPS) is 15.3. The molecular weight excluding hydrogens is 308 g/mol. The molecular formula is C21H34N4. The first-order chi connectivity index (χ1) is 11.3. The standard InChI is InChI=1S/C11H18N2.C10H16N2/c1-8-10(11(3,4)5)9(2)13(6)7-12-8;1-7-9(10(3,4)5)8(2)12-6-11-7/h7H,6H2,1-5H3;6H,1-5H3. The van der Waals surface area contributed by atoms with E-state index in [9.17, 15) is 0 Å². The summed E-state index contributed by atoms with van der Waals surface area (Å²) in [6, 6.07) is 1.19. The Balaban J connectivity index is 0.000000251. The van der Waals surface area contributed by atoms with Crippen molar-refractivity contribution in [1.82, 2.24) is 9.97 Å². The summed E-state index contributed by atoms with van der Waals surface area (Å²) in [6.07, 6.45) is 3.39. The summed E-state index contributed by atoms with van der Waals surface area (Å²) >= 11 is 0. The molecule has 2 heterocycles. The largest absolute Gasteiger partial charge is 0.333 e. The molecule has 2 rings (SSSR count). The van der Waals surface area contributed by atoms with Gasteiger partial charge in [0.2, 0.25) is 6.34 Å². The predicted octanol–water partition coefficient (Wildman–Crippen LogP) is 5.00. The molecule has 1 aromatic heterocycles. The van der Waals surface area contributed by atoms with Crippen molar-refractivity contribution in [2.24, 2.45) is 10.4 Å². The van der Waals surface area contributed by atoms with Crippen molar-refractivity contribution in [3.8, 4) is 0 Å².